The van der Waals surface area contributed by atoms with Gasteiger partial charge in [-0.15, -0.1) is 0 Å². The van der Waals surface area contributed by atoms with E-state index in [2.05, 4.69) is 56.2 Å². The summed E-state index contributed by atoms with van der Waals surface area (Å²) in [6.45, 7) is 14.0. The smallest absolute Gasteiger partial charge is 0.319 e. The van der Waals surface area contributed by atoms with Crippen LogP contribution in [0.15, 0.2) is 24.3 Å². The van der Waals surface area contributed by atoms with Crippen LogP contribution < -0.4 is 10.6 Å². The number of benzene rings is 1. The van der Waals surface area contributed by atoms with Gasteiger partial charge < -0.3 is 15.5 Å². The van der Waals surface area contributed by atoms with Gasteiger partial charge >= 0.3 is 6.03 Å². The second-order valence-corrected chi connectivity index (χ2v) is 6.41. The lowest BCUT2D eigenvalue weighted by molar-refractivity contribution is 0.247. The topological polar surface area (TPSA) is 44.4 Å². The molecule has 2 N–H and O–H groups in total. The number of anilines is 1. The highest BCUT2D eigenvalue weighted by molar-refractivity contribution is 5.90. The van der Waals surface area contributed by atoms with Crippen LogP contribution >= 0.6 is 0 Å². The first-order valence-corrected chi connectivity index (χ1v) is 8.86. The van der Waals surface area contributed by atoms with Gasteiger partial charge in [0.1, 0.15) is 0 Å². The quantitative estimate of drug-likeness (QED) is 0.706. The predicted octanol–water partition coefficient (Wildman–Crippen LogP) is 4.44. The third-order valence-corrected chi connectivity index (χ3v) is 4.21. The molecule has 0 heterocycles. The molecule has 23 heavy (non-hydrogen) atoms. The summed E-state index contributed by atoms with van der Waals surface area (Å²) in [5, 5.41) is 6.02. The molecule has 0 saturated heterocycles. The third-order valence-electron chi connectivity index (χ3n) is 4.21. The van der Waals surface area contributed by atoms with Crippen molar-refractivity contribution in [3.8, 4) is 0 Å². The number of rotatable bonds is 9. The van der Waals surface area contributed by atoms with Crippen molar-refractivity contribution in [1.82, 2.24) is 10.2 Å². The van der Waals surface area contributed by atoms with Crippen LogP contribution in [-0.4, -0.2) is 36.6 Å². The zero-order valence-electron chi connectivity index (χ0n) is 15.4. The Hall–Kier alpha value is -1.55. The number of nitrogens with one attached hydrogen (secondary N) is 2. The third kappa shape index (κ3) is 7.04. The number of nitrogens with zero attached hydrogens (tertiary/aromatic N) is 1. The van der Waals surface area contributed by atoms with Crippen LogP contribution in [0, 0.1) is 0 Å². The molecule has 1 aromatic carbocycles. The Morgan fingerprint density at radius 2 is 1.78 bits per heavy atom. The molecule has 1 rings (SSSR count). The highest BCUT2D eigenvalue weighted by Crippen LogP contribution is 2.23. The molecule has 0 aliphatic carbocycles. The van der Waals surface area contributed by atoms with E-state index >= 15 is 0 Å². The summed E-state index contributed by atoms with van der Waals surface area (Å²) < 4.78 is 0. The van der Waals surface area contributed by atoms with Crippen molar-refractivity contribution in [3.05, 3.63) is 29.8 Å². The lowest BCUT2D eigenvalue weighted by atomic mass is 10.0. The van der Waals surface area contributed by atoms with Gasteiger partial charge in [0.05, 0.1) is 0 Å². The van der Waals surface area contributed by atoms with Gasteiger partial charge in [-0.1, -0.05) is 45.9 Å². The van der Waals surface area contributed by atoms with E-state index in [1.807, 2.05) is 18.2 Å². The molecule has 2 amide bonds. The summed E-state index contributed by atoms with van der Waals surface area (Å²) in [6.07, 6.45) is 2.10. The number of carbonyl (C=O) groups is 1. The normalized spacial score (nSPS) is 12.5. The second-order valence-electron chi connectivity index (χ2n) is 6.41. The minimum atomic E-state index is -0.117. The van der Waals surface area contributed by atoms with E-state index in [0.717, 1.165) is 43.7 Å². The standard InChI is InChI=1S/C19H33N3O/c1-6-22(7-2)14-10-11-16(5)20-19(23)21-18-13-9-8-12-17(18)15(3)4/h8-9,12-13,15-16H,6-7,10-11,14H2,1-5H3,(H2,20,21,23). The van der Waals surface area contributed by atoms with E-state index in [1.165, 1.54) is 0 Å². The van der Waals surface area contributed by atoms with Crippen LogP contribution in [0.25, 0.3) is 0 Å². The largest absolute Gasteiger partial charge is 0.335 e. The molecule has 0 aliphatic rings. The van der Waals surface area contributed by atoms with Crippen LogP contribution in [0.5, 0.6) is 0 Å². The predicted molar refractivity (Wildman–Crippen MR) is 99.2 cm³/mol. The number of amides is 2. The molecule has 0 fully saturated rings. The van der Waals surface area contributed by atoms with E-state index in [9.17, 15) is 4.79 Å². The first-order valence-electron chi connectivity index (χ1n) is 8.86. The monoisotopic (exact) mass is 319 g/mol. The van der Waals surface area contributed by atoms with Gasteiger partial charge in [0.2, 0.25) is 0 Å². The van der Waals surface area contributed by atoms with Gasteiger partial charge in [0, 0.05) is 11.7 Å². The summed E-state index contributed by atoms with van der Waals surface area (Å²) in [6, 6.07) is 8.04. The van der Waals surface area contributed by atoms with Crippen molar-refractivity contribution < 1.29 is 4.79 Å². The Bertz CT molecular complexity index is 469. The maximum Gasteiger partial charge on any atom is 0.319 e. The Morgan fingerprint density at radius 1 is 1.13 bits per heavy atom. The van der Waals surface area contributed by atoms with E-state index in [4.69, 9.17) is 0 Å². The van der Waals surface area contributed by atoms with Crippen molar-refractivity contribution in [2.75, 3.05) is 25.0 Å². The molecule has 0 radical (unpaired) electrons. The summed E-state index contributed by atoms with van der Waals surface area (Å²) in [4.78, 5) is 14.6. The maximum absolute atomic E-state index is 12.2. The average molecular weight is 319 g/mol. The fourth-order valence-electron chi connectivity index (χ4n) is 2.73. The molecule has 4 nitrogen and oxygen atoms in total. The number of urea groups is 1. The van der Waals surface area contributed by atoms with E-state index in [0.29, 0.717) is 5.92 Å². The molecular weight excluding hydrogens is 286 g/mol. The van der Waals surface area contributed by atoms with Crippen LogP contribution in [0.1, 0.15) is 58.9 Å². The first-order chi connectivity index (χ1) is 11.0. The summed E-state index contributed by atoms with van der Waals surface area (Å²) in [5.41, 5.74) is 2.06. The van der Waals surface area contributed by atoms with Crippen molar-refractivity contribution in [3.63, 3.8) is 0 Å². The van der Waals surface area contributed by atoms with Gasteiger partial charge in [0.25, 0.3) is 0 Å². The number of para-hydroxylation sites is 1. The van der Waals surface area contributed by atoms with Gasteiger partial charge in [-0.25, -0.2) is 4.79 Å². The molecule has 4 heteroatoms. The molecule has 0 aliphatic heterocycles. The summed E-state index contributed by atoms with van der Waals surface area (Å²) in [5.74, 6) is 0.387. The lowest BCUT2D eigenvalue weighted by Gasteiger charge is -2.20. The maximum atomic E-state index is 12.2. The number of hydrogen-bond donors (Lipinski definition) is 2. The zero-order valence-corrected chi connectivity index (χ0v) is 15.4. The molecular formula is C19H33N3O. The Labute approximate surface area is 141 Å². The highest BCUT2D eigenvalue weighted by atomic mass is 16.2. The fraction of sp³-hybridized carbons (Fsp3) is 0.632. The Morgan fingerprint density at radius 3 is 2.39 bits per heavy atom. The van der Waals surface area contributed by atoms with Crippen LogP contribution in [-0.2, 0) is 0 Å². The molecule has 0 spiro atoms. The van der Waals surface area contributed by atoms with Gasteiger partial charge in [-0.2, -0.15) is 0 Å². The van der Waals surface area contributed by atoms with Crippen molar-refractivity contribution in [1.29, 1.82) is 0 Å². The molecule has 1 aromatic rings. The minimum Gasteiger partial charge on any atom is -0.335 e. The fourth-order valence-corrected chi connectivity index (χ4v) is 2.73. The SMILES string of the molecule is CCN(CC)CCCC(C)NC(=O)Nc1ccccc1C(C)C. The van der Waals surface area contributed by atoms with Gasteiger partial charge in [-0.05, 0) is 56.9 Å². The van der Waals surface area contributed by atoms with Crippen LogP contribution in [0.3, 0.4) is 0 Å². The minimum absolute atomic E-state index is 0.117. The molecule has 1 unspecified atom stereocenters. The zero-order chi connectivity index (χ0) is 17.2. The average Bonchev–Trinajstić information content (AvgIpc) is 2.51. The van der Waals surface area contributed by atoms with Crippen molar-refractivity contribution >= 4 is 11.7 Å². The molecule has 130 valence electrons. The summed E-state index contributed by atoms with van der Waals surface area (Å²) in [7, 11) is 0. The molecule has 1 atom stereocenters. The van der Waals surface area contributed by atoms with Crippen molar-refractivity contribution in [2.45, 2.75) is 59.4 Å². The molecule has 0 aromatic heterocycles. The van der Waals surface area contributed by atoms with Crippen LogP contribution in [0.4, 0.5) is 10.5 Å². The number of carbonyl (C=O) groups excluding carboxylic acids is 1. The highest BCUT2D eigenvalue weighted by Gasteiger charge is 2.11. The first kappa shape index (κ1) is 19.5. The van der Waals surface area contributed by atoms with E-state index in [1.54, 1.807) is 0 Å². The van der Waals surface area contributed by atoms with Crippen molar-refractivity contribution in [2.24, 2.45) is 0 Å². The Balaban J connectivity index is 2.41. The lowest BCUT2D eigenvalue weighted by Crippen LogP contribution is -2.37. The molecule has 0 bridgehead atoms. The summed E-state index contributed by atoms with van der Waals surface area (Å²) >= 11 is 0. The van der Waals surface area contributed by atoms with E-state index < -0.39 is 0 Å². The Kier molecular flexibility index (Phi) is 8.70. The van der Waals surface area contributed by atoms with Gasteiger partial charge in [0.15, 0.2) is 0 Å². The van der Waals surface area contributed by atoms with Gasteiger partial charge in [-0.3, -0.25) is 0 Å². The number of hydrogen-bond acceptors (Lipinski definition) is 2. The second kappa shape index (κ2) is 10.3. The van der Waals surface area contributed by atoms with E-state index in [-0.39, 0.29) is 12.1 Å². The molecule has 0 saturated carbocycles. The van der Waals surface area contributed by atoms with Crippen LogP contribution in [0.2, 0.25) is 0 Å².